The molecule has 154 valence electrons. The number of ether oxygens (including phenoxy) is 1. The first-order chi connectivity index (χ1) is 15.0. The molecule has 3 aromatic carbocycles. The molecule has 0 unspecified atom stereocenters. The van der Waals surface area contributed by atoms with Crippen LogP contribution in [-0.4, -0.2) is 35.0 Å². The molecule has 0 bridgehead atoms. The molecule has 7 heteroatoms. The summed E-state index contributed by atoms with van der Waals surface area (Å²) in [6, 6.07) is 19.6. The van der Waals surface area contributed by atoms with Gasteiger partial charge in [-0.05, 0) is 72.3 Å². The second-order valence-electron chi connectivity index (χ2n) is 6.78. The molecule has 1 aliphatic rings. The molecule has 0 spiro atoms. The number of aromatic carboxylic acids is 1. The molecule has 0 aliphatic carbocycles. The highest BCUT2D eigenvalue weighted by Gasteiger charge is 2.32. The standard InChI is InChI=1S/C24H18N2O5/c1-31-20-12-6-16(7-13-20)22-25-21(14-15-2-4-17(5-3-15)24(29)30)23(28)26(22)18-8-10-19(27)11-9-18/h2-14,27H,1H3,(H,29,30)/b21-14+. The van der Waals surface area contributed by atoms with Crippen LogP contribution in [0.1, 0.15) is 21.5 Å². The first kappa shape index (κ1) is 19.9. The fourth-order valence-corrected chi connectivity index (χ4v) is 3.17. The highest BCUT2D eigenvalue weighted by atomic mass is 16.5. The summed E-state index contributed by atoms with van der Waals surface area (Å²) < 4.78 is 5.20. The lowest BCUT2D eigenvalue weighted by molar-refractivity contribution is -0.113. The Morgan fingerprint density at radius 2 is 1.61 bits per heavy atom. The normalized spacial score (nSPS) is 14.6. The number of anilines is 1. The van der Waals surface area contributed by atoms with Crippen LogP contribution in [0.5, 0.6) is 11.5 Å². The number of phenolic OH excluding ortho intramolecular Hbond substituents is 1. The van der Waals surface area contributed by atoms with E-state index in [0.717, 1.165) is 0 Å². The highest BCUT2D eigenvalue weighted by Crippen LogP contribution is 2.29. The van der Waals surface area contributed by atoms with Gasteiger partial charge in [0.2, 0.25) is 0 Å². The first-order valence-corrected chi connectivity index (χ1v) is 9.38. The minimum atomic E-state index is -1.02. The van der Waals surface area contributed by atoms with Gasteiger partial charge in [-0.3, -0.25) is 9.69 Å². The van der Waals surface area contributed by atoms with Crippen molar-refractivity contribution in [2.45, 2.75) is 0 Å². The third-order valence-corrected chi connectivity index (χ3v) is 4.78. The number of aromatic hydroxyl groups is 1. The zero-order valence-electron chi connectivity index (χ0n) is 16.5. The first-order valence-electron chi connectivity index (χ1n) is 9.38. The summed E-state index contributed by atoms with van der Waals surface area (Å²) in [5.74, 6) is -0.146. The molecule has 0 aromatic heterocycles. The van der Waals surface area contributed by atoms with E-state index in [1.54, 1.807) is 49.6 Å². The van der Waals surface area contributed by atoms with Gasteiger partial charge in [-0.1, -0.05) is 12.1 Å². The number of phenols is 1. The van der Waals surface area contributed by atoms with Crippen molar-refractivity contribution in [3.63, 3.8) is 0 Å². The number of rotatable bonds is 5. The van der Waals surface area contributed by atoms with Gasteiger partial charge in [0, 0.05) is 5.56 Å². The van der Waals surface area contributed by atoms with Gasteiger partial charge < -0.3 is 14.9 Å². The topological polar surface area (TPSA) is 99.4 Å². The second kappa shape index (κ2) is 8.16. The smallest absolute Gasteiger partial charge is 0.335 e. The maximum atomic E-state index is 13.2. The number of carboxylic acids is 1. The summed E-state index contributed by atoms with van der Waals surface area (Å²) in [5, 5.41) is 18.7. The minimum absolute atomic E-state index is 0.0904. The van der Waals surface area contributed by atoms with Gasteiger partial charge in [-0.15, -0.1) is 0 Å². The maximum absolute atomic E-state index is 13.2. The quantitative estimate of drug-likeness (QED) is 0.616. The Balaban J connectivity index is 1.77. The molecule has 7 nitrogen and oxygen atoms in total. The van der Waals surface area contributed by atoms with Crippen molar-refractivity contribution >= 4 is 29.5 Å². The van der Waals surface area contributed by atoms with Gasteiger partial charge >= 0.3 is 5.97 Å². The number of aliphatic imine (C=N–C) groups is 1. The van der Waals surface area contributed by atoms with E-state index in [1.807, 2.05) is 12.1 Å². The van der Waals surface area contributed by atoms with Crippen molar-refractivity contribution in [1.29, 1.82) is 0 Å². The Bertz CT molecular complexity index is 1190. The van der Waals surface area contributed by atoms with E-state index < -0.39 is 5.97 Å². The maximum Gasteiger partial charge on any atom is 0.335 e. The average Bonchev–Trinajstić information content (AvgIpc) is 3.10. The zero-order chi connectivity index (χ0) is 22.0. The van der Waals surface area contributed by atoms with Crippen LogP contribution in [0.2, 0.25) is 0 Å². The lowest BCUT2D eigenvalue weighted by Gasteiger charge is -2.18. The van der Waals surface area contributed by atoms with Gasteiger partial charge in [-0.25, -0.2) is 9.79 Å². The van der Waals surface area contributed by atoms with Gasteiger partial charge in [-0.2, -0.15) is 0 Å². The summed E-state index contributed by atoms with van der Waals surface area (Å²) >= 11 is 0. The number of carbonyl (C=O) groups is 2. The lowest BCUT2D eigenvalue weighted by atomic mass is 10.1. The fourth-order valence-electron chi connectivity index (χ4n) is 3.17. The third kappa shape index (κ3) is 4.02. The second-order valence-corrected chi connectivity index (χ2v) is 6.78. The number of carboxylic acid groups (broad SMARTS) is 1. The summed E-state index contributed by atoms with van der Waals surface area (Å²) in [6.45, 7) is 0. The van der Waals surface area contributed by atoms with Crippen LogP contribution in [0, 0.1) is 0 Å². The van der Waals surface area contributed by atoms with Crippen LogP contribution in [0.4, 0.5) is 5.69 Å². The molecule has 31 heavy (non-hydrogen) atoms. The van der Waals surface area contributed by atoms with Crippen LogP contribution in [0.3, 0.4) is 0 Å². The van der Waals surface area contributed by atoms with Gasteiger partial charge in [0.05, 0.1) is 18.4 Å². The number of nitrogens with zero attached hydrogens (tertiary/aromatic N) is 2. The Morgan fingerprint density at radius 1 is 0.968 bits per heavy atom. The molecule has 1 heterocycles. The Morgan fingerprint density at radius 3 is 2.19 bits per heavy atom. The van der Waals surface area contributed by atoms with Crippen LogP contribution < -0.4 is 9.64 Å². The summed E-state index contributed by atoms with van der Waals surface area (Å²) in [6.07, 6.45) is 1.61. The fraction of sp³-hybridized carbons (Fsp3) is 0.0417. The monoisotopic (exact) mass is 414 g/mol. The molecule has 1 aliphatic heterocycles. The lowest BCUT2D eigenvalue weighted by Crippen LogP contribution is -2.32. The minimum Gasteiger partial charge on any atom is -0.508 e. The molecule has 0 saturated carbocycles. The van der Waals surface area contributed by atoms with E-state index >= 15 is 0 Å². The van der Waals surface area contributed by atoms with Gasteiger partial charge in [0.1, 0.15) is 23.0 Å². The highest BCUT2D eigenvalue weighted by molar-refractivity contribution is 6.33. The van der Waals surface area contributed by atoms with Crippen molar-refractivity contribution in [2.75, 3.05) is 12.0 Å². The molecule has 2 N–H and O–H groups in total. The number of benzene rings is 3. The van der Waals surface area contributed by atoms with E-state index in [4.69, 9.17) is 9.84 Å². The summed E-state index contributed by atoms with van der Waals surface area (Å²) in [4.78, 5) is 30.3. The van der Waals surface area contributed by atoms with E-state index in [9.17, 15) is 14.7 Å². The summed E-state index contributed by atoms with van der Waals surface area (Å²) in [5.41, 5.74) is 2.29. The number of carbonyl (C=O) groups excluding carboxylic acids is 1. The Labute approximate surface area is 178 Å². The van der Waals surface area contributed by atoms with Gasteiger partial charge in [0.25, 0.3) is 5.91 Å². The van der Waals surface area contributed by atoms with E-state index in [0.29, 0.717) is 28.4 Å². The molecule has 3 aromatic rings. The van der Waals surface area contributed by atoms with Crippen molar-refractivity contribution in [3.05, 3.63) is 95.2 Å². The van der Waals surface area contributed by atoms with E-state index in [2.05, 4.69) is 4.99 Å². The average molecular weight is 414 g/mol. The third-order valence-electron chi connectivity index (χ3n) is 4.78. The number of methoxy groups -OCH3 is 1. The van der Waals surface area contributed by atoms with E-state index in [1.165, 1.54) is 29.2 Å². The van der Waals surface area contributed by atoms with Crippen LogP contribution in [0.15, 0.2) is 83.5 Å². The molecule has 0 saturated heterocycles. The SMILES string of the molecule is COc1ccc(C2=N/C(=C/c3ccc(C(=O)O)cc3)C(=O)N2c2ccc(O)cc2)cc1. The largest absolute Gasteiger partial charge is 0.508 e. The summed E-state index contributed by atoms with van der Waals surface area (Å²) in [7, 11) is 1.57. The van der Waals surface area contributed by atoms with Crippen molar-refractivity contribution in [1.82, 2.24) is 0 Å². The number of hydrogen-bond acceptors (Lipinski definition) is 5. The molecular weight excluding hydrogens is 396 g/mol. The number of amidine groups is 1. The molecule has 4 rings (SSSR count). The van der Waals surface area contributed by atoms with Crippen LogP contribution in [0.25, 0.3) is 6.08 Å². The predicted molar refractivity (Wildman–Crippen MR) is 117 cm³/mol. The van der Waals surface area contributed by atoms with Crippen LogP contribution >= 0.6 is 0 Å². The molecule has 1 amide bonds. The molecule has 0 radical (unpaired) electrons. The van der Waals surface area contributed by atoms with Gasteiger partial charge in [0.15, 0.2) is 0 Å². The predicted octanol–water partition coefficient (Wildman–Crippen LogP) is 3.93. The number of amides is 1. The Kier molecular flexibility index (Phi) is 5.24. The van der Waals surface area contributed by atoms with Crippen molar-refractivity contribution < 1.29 is 24.5 Å². The molecular formula is C24H18N2O5. The molecule has 0 fully saturated rings. The van der Waals surface area contributed by atoms with Crippen molar-refractivity contribution in [2.24, 2.45) is 4.99 Å². The van der Waals surface area contributed by atoms with Crippen molar-refractivity contribution in [3.8, 4) is 11.5 Å². The molecule has 0 atom stereocenters. The zero-order valence-corrected chi connectivity index (χ0v) is 16.5. The number of hydrogen-bond donors (Lipinski definition) is 2. The van der Waals surface area contributed by atoms with Crippen LogP contribution in [-0.2, 0) is 4.79 Å². The van der Waals surface area contributed by atoms with E-state index in [-0.39, 0.29) is 22.9 Å². The Hall–Kier alpha value is -4.39.